The Balaban J connectivity index is 1.79. The Morgan fingerprint density at radius 2 is 1.60 bits per heavy atom. The number of hydrogen-bond acceptors (Lipinski definition) is 0. The van der Waals surface area contributed by atoms with E-state index in [0.29, 0.717) is 0 Å². The van der Waals surface area contributed by atoms with Crippen LogP contribution in [0.2, 0.25) is 0 Å². The van der Waals surface area contributed by atoms with Gasteiger partial charge in [0.1, 0.15) is 0 Å². The monoisotopic (exact) mass is 320 g/mol. The number of fused-ring (bicyclic) bond motifs is 6. The molecule has 0 atom stereocenters. The van der Waals surface area contributed by atoms with Gasteiger partial charge in [0.2, 0.25) is 0 Å². The van der Waals surface area contributed by atoms with Crippen LogP contribution < -0.4 is 0 Å². The normalized spacial score (nSPS) is 13.9. The highest BCUT2D eigenvalue weighted by molar-refractivity contribution is 6.14. The maximum absolute atomic E-state index is 2.37. The molecule has 0 aromatic heterocycles. The molecule has 4 aromatic rings. The highest BCUT2D eigenvalue weighted by Gasteiger charge is 2.15. The molecule has 0 aliphatic heterocycles. The third-order valence-electron chi connectivity index (χ3n) is 5.31. The second-order valence-corrected chi connectivity index (χ2v) is 6.93. The van der Waals surface area contributed by atoms with Crippen LogP contribution in [0.5, 0.6) is 0 Å². The van der Waals surface area contributed by atoms with Crippen molar-refractivity contribution in [3.05, 3.63) is 89.5 Å². The van der Waals surface area contributed by atoms with E-state index in [2.05, 4.69) is 85.8 Å². The van der Waals surface area contributed by atoms with E-state index >= 15 is 0 Å². The molecule has 0 N–H and O–H groups in total. The van der Waals surface area contributed by atoms with Crippen molar-refractivity contribution < 1.29 is 0 Å². The van der Waals surface area contributed by atoms with Crippen LogP contribution in [0.25, 0.3) is 38.4 Å². The van der Waals surface area contributed by atoms with Crippen LogP contribution in [0, 0.1) is 0 Å². The molecule has 1 aliphatic rings. The van der Waals surface area contributed by atoms with Gasteiger partial charge < -0.3 is 0 Å². The van der Waals surface area contributed by atoms with Gasteiger partial charge in [-0.3, -0.25) is 0 Å². The zero-order valence-corrected chi connectivity index (χ0v) is 14.4. The van der Waals surface area contributed by atoms with Crippen LogP contribution in [0.3, 0.4) is 0 Å². The minimum absolute atomic E-state index is 1.05. The van der Waals surface area contributed by atoms with Gasteiger partial charge in [-0.05, 0) is 74.0 Å². The summed E-state index contributed by atoms with van der Waals surface area (Å²) in [5.41, 5.74) is 4.27. The van der Waals surface area contributed by atoms with Gasteiger partial charge in [-0.25, -0.2) is 0 Å². The predicted molar refractivity (Wildman–Crippen MR) is 110 cm³/mol. The highest BCUT2D eigenvalue weighted by atomic mass is 14.2. The van der Waals surface area contributed by atoms with Crippen LogP contribution in [0.1, 0.15) is 24.5 Å². The number of allylic oxidation sites excluding steroid dienone is 3. The summed E-state index contributed by atoms with van der Waals surface area (Å²) in [4.78, 5) is 0. The summed E-state index contributed by atoms with van der Waals surface area (Å²) >= 11 is 0. The third-order valence-corrected chi connectivity index (χ3v) is 5.31. The third kappa shape index (κ3) is 2.29. The molecule has 0 amide bonds. The first-order chi connectivity index (χ1) is 12.3. The molecule has 1 aliphatic carbocycles. The van der Waals surface area contributed by atoms with Gasteiger partial charge in [-0.1, -0.05) is 73.7 Å². The lowest BCUT2D eigenvalue weighted by molar-refractivity contribution is 1.20. The smallest absolute Gasteiger partial charge is 0.00195 e. The quantitative estimate of drug-likeness (QED) is 0.274. The van der Waals surface area contributed by atoms with Gasteiger partial charge in [-0.2, -0.15) is 0 Å². The van der Waals surface area contributed by atoms with Crippen molar-refractivity contribution in [2.75, 3.05) is 0 Å². The average Bonchev–Trinajstić information content (AvgIpc) is 3.07. The lowest BCUT2D eigenvalue weighted by Gasteiger charge is -2.09. The van der Waals surface area contributed by atoms with Gasteiger partial charge >= 0.3 is 0 Å². The zero-order chi connectivity index (χ0) is 16.8. The van der Waals surface area contributed by atoms with E-state index in [4.69, 9.17) is 0 Å². The molecular formula is C25H20. The standard InChI is InChI=1S/C25H20/c1-2-3-6-17-13-20-9-11-23-22(24(20)14-17)12-10-21-15-18-7-4-5-8-19(18)16-25(21)23/h3-12,14-16H,2,13H2,1H3/b6-3+. The fourth-order valence-electron chi connectivity index (χ4n) is 4.06. The Hall–Kier alpha value is -2.86. The van der Waals surface area contributed by atoms with Crippen LogP contribution in [-0.2, 0) is 6.42 Å². The van der Waals surface area contributed by atoms with Crippen molar-refractivity contribution in [3.8, 4) is 0 Å². The summed E-state index contributed by atoms with van der Waals surface area (Å²) in [5, 5.41) is 8.02. The van der Waals surface area contributed by atoms with Gasteiger partial charge in [0, 0.05) is 0 Å². The molecule has 120 valence electrons. The van der Waals surface area contributed by atoms with Crippen molar-refractivity contribution in [1.82, 2.24) is 0 Å². The Kier molecular flexibility index (Phi) is 3.24. The van der Waals surface area contributed by atoms with E-state index in [1.54, 1.807) is 0 Å². The predicted octanol–water partition coefficient (Wildman–Crippen LogP) is 7.05. The summed E-state index contributed by atoms with van der Waals surface area (Å²) in [6, 6.07) is 22.5. The lowest BCUT2D eigenvalue weighted by atomic mass is 9.94. The molecule has 5 rings (SSSR count). The number of hydrogen-bond donors (Lipinski definition) is 0. The van der Waals surface area contributed by atoms with Crippen LogP contribution in [0.15, 0.2) is 78.4 Å². The lowest BCUT2D eigenvalue weighted by Crippen LogP contribution is -1.86. The fraction of sp³-hybridized carbons (Fsp3) is 0.120. The second-order valence-electron chi connectivity index (χ2n) is 6.93. The highest BCUT2D eigenvalue weighted by Crippen LogP contribution is 2.36. The van der Waals surface area contributed by atoms with Crippen molar-refractivity contribution in [1.29, 1.82) is 0 Å². The molecule has 0 heterocycles. The topological polar surface area (TPSA) is 0 Å². The molecule has 4 aromatic carbocycles. The SMILES string of the molecule is CC/C=C/C1=Cc2c(ccc3c2ccc2cc4ccccc4cc23)C1. The number of benzene rings is 4. The Labute approximate surface area is 148 Å². The first kappa shape index (κ1) is 14.5. The molecule has 25 heavy (non-hydrogen) atoms. The summed E-state index contributed by atoms with van der Waals surface area (Å²) in [6.45, 7) is 2.19. The maximum atomic E-state index is 2.37. The molecule has 0 radical (unpaired) electrons. The Bertz CT molecular complexity index is 1190. The van der Waals surface area contributed by atoms with Gasteiger partial charge in [-0.15, -0.1) is 0 Å². The van der Waals surface area contributed by atoms with E-state index in [-0.39, 0.29) is 0 Å². The average molecular weight is 320 g/mol. The summed E-state index contributed by atoms with van der Waals surface area (Å²) in [5.74, 6) is 0. The molecule has 0 fully saturated rings. The molecular weight excluding hydrogens is 300 g/mol. The zero-order valence-electron chi connectivity index (χ0n) is 14.4. The molecule has 0 unspecified atom stereocenters. The van der Waals surface area contributed by atoms with E-state index in [0.717, 1.165) is 12.8 Å². The molecule has 0 nitrogen and oxygen atoms in total. The largest absolute Gasteiger partial charge is 0.0845 e. The Morgan fingerprint density at radius 1 is 0.800 bits per heavy atom. The van der Waals surface area contributed by atoms with Crippen molar-refractivity contribution in [2.45, 2.75) is 19.8 Å². The number of rotatable bonds is 2. The van der Waals surface area contributed by atoms with Crippen LogP contribution >= 0.6 is 0 Å². The molecule has 0 saturated heterocycles. The van der Waals surface area contributed by atoms with Crippen LogP contribution in [-0.4, -0.2) is 0 Å². The van der Waals surface area contributed by atoms with Crippen LogP contribution in [0.4, 0.5) is 0 Å². The van der Waals surface area contributed by atoms with Gasteiger partial charge in [0.25, 0.3) is 0 Å². The van der Waals surface area contributed by atoms with E-state index < -0.39 is 0 Å². The van der Waals surface area contributed by atoms with Crippen molar-refractivity contribution >= 4 is 38.4 Å². The fourth-order valence-corrected chi connectivity index (χ4v) is 4.06. The van der Waals surface area contributed by atoms with E-state index in [1.165, 1.54) is 49.0 Å². The molecule has 0 spiro atoms. The minimum atomic E-state index is 1.05. The first-order valence-electron chi connectivity index (χ1n) is 9.08. The summed E-state index contributed by atoms with van der Waals surface area (Å²) in [6.07, 6.45) is 9.04. The van der Waals surface area contributed by atoms with Crippen molar-refractivity contribution in [2.24, 2.45) is 0 Å². The van der Waals surface area contributed by atoms with Gasteiger partial charge in [0.05, 0.1) is 0 Å². The minimum Gasteiger partial charge on any atom is -0.0845 e. The molecule has 0 saturated carbocycles. The second kappa shape index (κ2) is 5.60. The van der Waals surface area contributed by atoms with Gasteiger partial charge in [0.15, 0.2) is 0 Å². The van der Waals surface area contributed by atoms with Crippen molar-refractivity contribution in [3.63, 3.8) is 0 Å². The maximum Gasteiger partial charge on any atom is -0.00195 e. The van der Waals surface area contributed by atoms with E-state index in [9.17, 15) is 0 Å². The first-order valence-corrected chi connectivity index (χ1v) is 9.08. The molecule has 0 heteroatoms. The Morgan fingerprint density at radius 3 is 2.44 bits per heavy atom. The molecule has 0 bridgehead atoms. The van der Waals surface area contributed by atoms with E-state index in [1.807, 2.05) is 0 Å². The summed E-state index contributed by atoms with van der Waals surface area (Å²) in [7, 11) is 0. The summed E-state index contributed by atoms with van der Waals surface area (Å²) < 4.78 is 0.